The summed E-state index contributed by atoms with van der Waals surface area (Å²) in [5.74, 6) is -1.03. The van der Waals surface area contributed by atoms with Crippen molar-refractivity contribution in [3.8, 4) is 0 Å². The van der Waals surface area contributed by atoms with Gasteiger partial charge in [0.2, 0.25) is 5.91 Å². The molecule has 2 N–H and O–H groups in total. The lowest BCUT2D eigenvalue weighted by Crippen LogP contribution is -2.46. The molecule has 0 aromatic heterocycles. The Balaban J connectivity index is 1.47. The molecule has 2 aliphatic heterocycles. The molecule has 0 unspecified atom stereocenters. The largest absolute Gasteiger partial charge is 0.444 e. The molecule has 1 saturated heterocycles. The lowest BCUT2D eigenvalue weighted by molar-refractivity contribution is -0.131. The maximum atomic E-state index is 12.8. The van der Waals surface area contributed by atoms with Crippen LogP contribution in [0.3, 0.4) is 0 Å². The summed E-state index contributed by atoms with van der Waals surface area (Å²) in [6.07, 6.45) is 0.809. The van der Waals surface area contributed by atoms with Crippen molar-refractivity contribution >= 4 is 29.7 Å². The number of fused-ring (bicyclic) bond motifs is 1. The Morgan fingerprint density at radius 3 is 2.14 bits per heavy atom. The zero-order valence-electron chi connectivity index (χ0n) is 21.9. The van der Waals surface area contributed by atoms with Crippen LogP contribution in [0.2, 0.25) is 0 Å². The van der Waals surface area contributed by atoms with Crippen LogP contribution in [-0.4, -0.2) is 76.8 Å². The van der Waals surface area contributed by atoms with E-state index in [9.17, 15) is 24.0 Å². The molecule has 3 rings (SSSR count). The fourth-order valence-electron chi connectivity index (χ4n) is 4.29. The highest BCUT2D eigenvalue weighted by molar-refractivity contribution is 6.22. The summed E-state index contributed by atoms with van der Waals surface area (Å²) in [6, 6.07) is 4.58. The van der Waals surface area contributed by atoms with E-state index in [1.165, 1.54) is 17.0 Å². The minimum absolute atomic E-state index is 0.123. The molecule has 0 bridgehead atoms. The van der Waals surface area contributed by atoms with E-state index >= 15 is 0 Å². The molecule has 1 fully saturated rings. The number of carbonyl (C=O) groups excluding carboxylic acids is 5. The number of alkyl carbamates (subject to hydrolysis) is 1. The summed E-state index contributed by atoms with van der Waals surface area (Å²) < 4.78 is 5.14. The Labute approximate surface area is 211 Å². The van der Waals surface area contributed by atoms with E-state index in [1.54, 1.807) is 52.5 Å². The molecule has 10 nitrogen and oxygen atoms in total. The number of nitrogens with one attached hydrogen (secondary N) is 2. The molecule has 1 aromatic rings. The Bertz CT molecular complexity index is 1060. The van der Waals surface area contributed by atoms with Crippen LogP contribution in [0.25, 0.3) is 0 Å². The van der Waals surface area contributed by atoms with Crippen molar-refractivity contribution in [1.29, 1.82) is 0 Å². The summed E-state index contributed by atoms with van der Waals surface area (Å²) in [5, 5.41) is 5.39. The van der Waals surface area contributed by atoms with E-state index in [0.717, 1.165) is 12.8 Å². The molecule has 2 aliphatic rings. The average Bonchev–Trinajstić information content (AvgIpc) is 3.04. The third kappa shape index (κ3) is 6.41. The molecule has 36 heavy (non-hydrogen) atoms. The third-order valence-electron chi connectivity index (χ3n) is 6.12. The van der Waals surface area contributed by atoms with Crippen molar-refractivity contribution in [2.24, 2.45) is 5.92 Å². The molecule has 10 heteroatoms. The molecule has 0 saturated carbocycles. The molecule has 0 radical (unpaired) electrons. The molecular formula is C26H36N4O6. The number of likely N-dealkylation sites (tertiary alicyclic amines) is 1. The Hall–Kier alpha value is -3.43. The van der Waals surface area contributed by atoms with Crippen molar-refractivity contribution in [1.82, 2.24) is 20.4 Å². The first-order valence-corrected chi connectivity index (χ1v) is 12.2. The zero-order chi connectivity index (χ0) is 26.8. The van der Waals surface area contributed by atoms with Crippen molar-refractivity contribution in [3.63, 3.8) is 0 Å². The summed E-state index contributed by atoms with van der Waals surface area (Å²) in [4.78, 5) is 65.2. The lowest BCUT2D eigenvalue weighted by atomic mass is 9.96. The molecule has 0 spiro atoms. The van der Waals surface area contributed by atoms with Gasteiger partial charge in [0.15, 0.2) is 0 Å². The Kier molecular flexibility index (Phi) is 7.76. The van der Waals surface area contributed by atoms with Gasteiger partial charge in [-0.05, 0) is 78.5 Å². The highest BCUT2D eigenvalue weighted by Gasteiger charge is 2.42. The van der Waals surface area contributed by atoms with Gasteiger partial charge < -0.3 is 20.3 Å². The first-order chi connectivity index (χ1) is 16.7. The van der Waals surface area contributed by atoms with Gasteiger partial charge in [-0.15, -0.1) is 0 Å². The topological polar surface area (TPSA) is 125 Å². The van der Waals surface area contributed by atoms with E-state index in [-0.39, 0.29) is 35.7 Å². The van der Waals surface area contributed by atoms with Crippen LogP contribution in [0.15, 0.2) is 18.2 Å². The van der Waals surface area contributed by atoms with Gasteiger partial charge in [0.1, 0.15) is 12.1 Å². The van der Waals surface area contributed by atoms with Gasteiger partial charge in [0.25, 0.3) is 17.7 Å². The van der Waals surface area contributed by atoms with Crippen LogP contribution < -0.4 is 10.6 Å². The SMILES string of the molecule is CC(C)(C)OC(=O)NCC(=O)N1CCC(CNC(=O)c2ccc3c(c2)C(=O)N(C(C)(C)C)C3=O)CC1. The number of hydrogen-bond donors (Lipinski definition) is 2. The zero-order valence-corrected chi connectivity index (χ0v) is 21.9. The van der Waals surface area contributed by atoms with Crippen LogP contribution in [0.1, 0.15) is 85.5 Å². The molecular weight excluding hydrogens is 464 g/mol. The van der Waals surface area contributed by atoms with Crippen LogP contribution in [0, 0.1) is 5.92 Å². The van der Waals surface area contributed by atoms with Gasteiger partial charge in [-0.25, -0.2) is 4.79 Å². The van der Waals surface area contributed by atoms with E-state index in [4.69, 9.17) is 4.74 Å². The van der Waals surface area contributed by atoms with Crippen LogP contribution in [0.5, 0.6) is 0 Å². The second kappa shape index (κ2) is 10.3. The van der Waals surface area contributed by atoms with Crippen LogP contribution in [0.4, 0.5) is 4.79 Å². The van der Waals surface area contributed by atoms with Gasteiger partial charge >= 0.3 is 6.09 Å². The highest BCUT2D eigenvalue weighted by atomic mass is 16.6. The number of amides is 5. The van der Waals surface area contributed by atoms with Crippen LogP contribution >= 0.6 is 0 Å². The Morgan fingerprint density at radius 2 is 1.56 bits per heavy atom. The number of hydrogen-bond acceptors (Lipinski definition) is 6. The number of carbonyl (C=O) groups is 5. The van der Waals surface area contributed by atoms with Gasteiger partial charge in [-0.2, -0.15) is 0 Å². The number of nitrogens with zero attached hydrogens (tertiary/aromatic N) is 2. The van der Waals surface area contributed by atoms with Crippen molar-refractivity contribution in [2.45, 2.75) is 65.5 Å². The standard InChI is InChI=1S/C26H36N4O6/c1-25(2,3)30-22(33)18-8-7-17(13-19(18)23(30)34)21(32)27-14-16-9-11-29(12-10-16)20(31)15-28-24(35)36-26(4,5)6/h7-8,13,16H,9-12,14-15H2,1-6H3,(H,27,32)(H,28,35). The minimum Gasteiger partial charge on any atom is -0.444 e. The monoisotopic (exact) mass is 500 g/mol. The van der Waals surface area contributed by atoms with Gasteiger partial charge in [-0.1, -0.05) is 0 Å². The number of rotatable bonds is 5. The first kappa shape index (κ1) is 27.2. The second-order valence-corrected chi connectivity index (χ2v) is 11.3. The van der Waals surface area contributed by atoms with Crippen molar-refractivity contribution < 1.29 is 28.7 Å². The fraction of sp³-hybridized carbons (Fsp3) is 0.577. The number of benzene rings is 1. The molecule has 196 valence electrons. The van der Waals surface area contributed by atoms with E-state index in [2.05, 4.69) is 10.6 Å². The Morgan fingerprint density at radius 1 is 0.944 bits per heavy atom. The maximum Gasteiger partial charge on any atom is 0.408 e. The molecule has 0 atom stereocenters. The normalized spacial score (nSPS) is 16.6. The van der Waals surface area contributed by atoms with E-state index < -0.39 is 23.1 Å². The molecule has 2 heterocycles. The third-order valence-corrected chi connectivity index (χ3v) is 6.12. The first-order valence-electron chi connectivity index (χ1n) is 12.2. The van der Waals surface area contributed by atoms with Crippen LogP contribution in [-0.2, 0) is 9.53 Å². The lowest BCUT2D eigenvalue weighted by Gasteiger charge is -2.32. The van der Waals surface area contributed by atoms with Crippen molar-refractivity contribution in [3.05, 3.63) is 34.9 Å². The van der Waals surface area contributed by atoms with Gasteiger partial charge in [0.05, 0.1) is 11.1 Å². The number of imide groups is 1. The average molecular weight is 501 g/mol. The maximum absolute atomic E-state index is 12.8. The molecule has 1 aromatic carbocycles. The summed E-state index contributed by atoms with van der Waals surface area (Å²) in [7, 11) is 0. The predicted molar refractivity (Wildman–Crippen MR) is 133 cm³/mol. The quantitative estimate of drug-likeness (QED) is 0.599. The summed E-state index contributed by atoms with van der Waals surface area (Å²) >= 11 is 0. The number of piperidine rings is 1. The molecule has 0 aliphatic carbocycles. The van der Waals surface area contributed by atoms with E-state index in [1.807, 2.05) is 0 Å². The van der Waals surface area contributed by atoms with Crippen molar-refractivity contribution in [2.75, 3.05) is 26.2 Å². The second-order valence-electron chi connectivity index (χ2n) is 11.3. The fourth-order valence-corrected chi connectivity index (χ4v) is 4.29. The van der Waals surface area contributed by atoms with E-state index in [0.29, 0.717) is 30.8 Å². The predicted octanol–water partition coefficient (Wildman–Crippen LogP) is 2.57. The highest BCUT2D eigenvalue weighted by Crippen LogP contribution is 2.30. The summed E-state index contributed by atoms with van der Waals surface area (Å²) in [6.45, 7) is 12.0. The molecule has 5 amide bonds. The smallest absolute Gasteiger partial charge is 0.408 e. The number of ether oxygens (including phenoxy) is 1. The van der Waals surface area contributed by atoms with Gasteiger partial charge in [-0.3, -0.25) is 24.1 Å². The summed E-state index contributed by atoms with van der Waals surface area (Å²) in [5.41, 5.74) is -0.404. The van der Waals surface area contributed by atoms with Gasteiger partial charge in [0, 0.05) is 30.7 Å². The minimum atomic E-state index is -0.655.